The van der Waals surface area contributed by atoms with Gasteiger partial charge in [-0.1, -0.05) is 6.92 Å². The minimum absolute atomic E-state index is 0.225. The number of carbonyl (C=O) groups is 1. The molecule has 0 aliphatic carbocycles. The summed E-state index contributed by atoms with van der Waals surface area (Å²) in [4.78, 5) is 11.3. The lowest BCUT2D eigenvalue weighted by atomic mass is 10.2. The van der Waals surface area contributed by atoms with Crippen molar-refractivity contribution in [2.24, 2.45) is 5.92 Å². The number of ether oxygens (including phenoxy) is 1. The van der Waals surface area contributed by atoms with Crippen molar-refractivity contribution in [1.29, 1.82) is 0 Å². The van der Waals surface area contributed by atoms with Crippen LogP contribution in [-0.2, 0) is 4.79 Å². The van der Waals surface area contributed by atoms with Crippen molar-refractivity contribution >= 4 is 17.7 Å². The molecule has 1 aromatic carbocycles. The minimum atomic E-state index is -0.844. The molecule has 94 valence electrons. The number of benzene rings is 1. The van der Waals surface area contributed by atoms with E-state index in [-0.39, 0.29) is 5.75 Å². The molecule has 1 N–H and O–H groups in total. The molecule has 1 aromatic rings. The van der Waals surface area contributed by atoms with Gasteiger partial charge in [-0.15, -0.1) is 11.8 Å². The number of hydrogen-bond donors (Lipinski definition) is 1. The van der Waals surface area contributed by atoms with Gasteiger partial charge in [0, 0.05) is 10.6 Å². The van der Waals surface area contributed by atoms with Gasteiger partial charge in [-0.05, 0) is 25.1 Å². The predicted molar refractivity (Wildman–Crippen MR) is 65.1 cm³/mol. The van der Waals surface area contributed by atoms with E-state index < -0.39 is 17.7 Å². The molecule has 0 heterocycles. The molecule has 0 bridgehead atoms. The van der Waals surface area contributed by atoms with E-state index in [0.29, 0.717) is 17.3 Å². The Balaban J connectivity index is 2.61. The van der Waals surface area contributed by atoms with E-state index in [2.05, 4.69) is 0 Å². The molecule has 0 aliphatic rings. The van der Waals surface area contributed by atoms with Gasteiger partial charge in [-0.2, -0.15) is 0 Å². The Hall–Kier alpha value is -1.23. The average Bonchev–Trinajstić information content (AvgIpc) is 2.29. The lowest BCUT2D eigenvalue weighted by molar-refractivity contribution is -0.140. The van der Waals surface area contributed by atoms with Crippen LogP contribution in [0.15, 0.2) is 23.1 Å². The summed E-state index contributed by atoms with van der Waals surface area (Å²) in [5.41, 5.74) is 0. The molecule has 5 heteroatoms. The van der Waals surface area contributed by atoms with E-state index in [1.54, 1.807) is 26.0 Å². The van der Waals surface area contributed by atoms with E-state index in [1.807, 2.05) is 0 Å². The fourth-order valence-electron chi connectivity index (χ4n) is 1.14. The summed E-state index contributed by atoms with van der Waals surface area (Å²) >= 11 is 1.32. The first-order chi connectivity index (χ1) is 8.04. The van der Waals surface area contributed by atoms with Crippen molar-refractivity contribution in [2.45, 2.75) is 18.7 Å². The zero-order valence-electron chi connectivity index (χ0n) is 9.77. The maximum Gasteiger partial charge on any atom is 0.307 e. The lowest BCUT2D eigenvalue weighted by Crippen LogP contribution is -2.11. The average molecular weight is 258 g/mol. The van der Waals surface area contributed by atoms with Gasteiger partial charge in [0.05, 0.1) is 12.5 Å². The molecule has 1 rings (SSSR count). The minimum Gasteiger partial charge on any atom is -0.491 e. The van der Waals surface area contributed by atoms with E-state index in [4.69, 9.17) is 9.84 Å². The molecule has 1 atom stereocenters. The standard InChI is InChI=1S/C12H15FO3S/c1-3-16-11-5-4-9(6-10(11)13)17-7-8(2)12(14)15/h4-6,8H,3,7H2,1-2H3,(H,14,15). The third-order valence-electron chi connectivity index (χ3n) is 2.12. The van der Waals surface area contributed by atoms with Crippen LogP contribution in [0.25, 0.3) is 0 Å². The van der Waals surface area contributed by atoms with E-state index in [9.17, 15) is 9.18 Å². The number of rotatable bonds is 6. The number of carboxylic acids is 1. The largest absolute Gasteiger partial charge is 0.491 e. The third kappa shape index (κ3) is 4.26. The van der Waals surface area contributed by atoms with Crippen molar-refractivity contribution in [2.75, 3.05) is 12.4 Å². The third-order valence-corrected chi connectivity index (χ3v) is 3.38. The Morgan fingerprint density at radius 1 is 1.59 bits per heavy atom. The van der Waals surface area contributed by atoms with Gasteiger partial charge in [-0.3, -0.25) is 4.79 Å². The highest BCUT2D eigenvalue weighted by atomic mass is 32.2. The Kier molecular flexibility index (Phi) is 5.28. The summed E-state index contributed by atoms with van der Waals surface area (Å²) in [5, 5.41) is 8.72. The van der Waals surface area contributed by atoms with Crippen LogP contribution >= 0.6 is 11.8 Å². The second-order valence-corrected chi connectivity index (χ2v) is 4.67. The van der Waals surface area contributed by atoms with Gasteiger partial charge in [-0.25, -0.2) is 4.39 Å². The highest BCUT2D eigenvalue weighted by Crippen LogP contribution is 2.26. The lowest BCUT2D eigenvalue weighted by Gasteiger charge is -2.08. The maximum atomic E-state index is 13.5. The van der Waals surface area contributed by atoms with Crippen molar-refractivity contribution in [3.63, 3.8) is 0 Å². The molecule has 0 saturated carbocycles. The first kappa shape index (κ1) is 13.8. The molecule has 0 spiro atoms. The Morgan fingerprint density at radius 3 is 2.82 bits per heavy atom. The SMILES string of the molecule is CCOc1ccc(SCC(C)C(=O)O)cc1F. The van der Waals surface area contributed by atoms with Crippen molar-refractivity contribution in [3.8, 4) is 5.75 Å². The van der Waals surface area contributed by atoms with Gasteiger partial charge in [0.25, 0.3) is 0 Å². The number of thioether (sulfide) groups is 1. The maximum absolute atomic E-state index is 13.5. The van der Waals surface area contributed by atoms with E-state index in [0.717, 1.165) is 0 Å². The second kappa shape index (κ2) is 6.49. The molecule has 0 aromatic heterocycles. The van der Waals surface area contributed by atoms with Gasteiger partial charge < -0.3 is 9.84 Å². The molecule has 1 unspecified atom stereocenters. The predicted octanol–water partition coefficient (Wildman–Crippen LogP) is 3.04. The van der Waals surface area contributed by atoms with Crippen LogP contribution in [0, 0.1) is 11.7 Å². The highest BCUT2D eigenvalue weighted by Gasteiger charge is 2.12. The highest BCUT2D eigenvalue weighted by molar-refractivity contribution is 7.99. The van der Waals surface area contributed by atoms with Crippen LogP contribution in [0.1, 0.15) is 13.8 Å². The molecule has 0 radical (unpaired) electrons. The number of aliphatic carboxylic acids is 1. The van der Waals surface area contributed by atoms with Crippen molar-refractivity contribution in [1.82, 2.24) is 0 Å². The molecule has 17 heavy (non-hydrogen) atoms. The van der Waals surface area contributed by atoms with Crippen molar-refractivity contribution < 1.29 is 19.0 Å². The van der Waals surface area contributed by atoms with Gasteiger partial charge in [0.15, 0.2) is 11.6 Å². The van der Waals surface area contributed by atoms with Crippen LogP contribution in [0.5, 0.6) is 5.75 Å². The summed E-state index contributed by atoms with van der Waals surface area (Å²) in [6.07, 6.45) is 0. The first-order valence-corrected chi connectivity index (χ1v) is 6.31. The smallest absolute Gasteiger partial charge is 0.307 e. The molecular weight excluding hydrogens is 243 g/mol. The van der Waals surface area contributed by atoms with Gasteiger partial charge in [0.2, 0.25) is 0 Å². The molecule has 0 amide bonds. The zero-order chi connectivity index (χ0) is 12.8. The topological polar surface area (TPSA) is 46.5 Å². The van der Waals surface area contributed by atoms with E-state index in [1.165, 1.54) is 17.8 Å². The van der Waals surface area contributed by atoms with Crippen LogP contribution in [-0.4, -0.2) is 23.4 Å². The number of hydrogen-bond acceptors (Lipinski definition) is 3. The number of halogens is 1. The molecule has 0 fully saturated rings. The molecule has 3 nitrogen and oxygen atoms in total. The van der Waals surface area contributed by atoms with Gasteiger partial charge >= 0.3 is 5.97 Å². The summed E-state index contributed by atoms with van der Waals surface area (Å²) in [7, 11) is 0. The fraction of sp³-hybridized carbons (Fsp3) is 0.417. The van der Waals surface area contributed by atoms with Crippen LogP contribution in [0.3, 0.4) is 0 Å². The molecule has 0 saturated heterocycles. The van der Waals surface area contributed by atoms with Crippen LogP contribution in [0.4, 0.5) is 4.39 Å². The van der Waals surface area contributed by atoms with Crippen molar-refractivity contribution in [3.05, 3.63) is 24.0 Å². The summed E-state index contributed by atoms with van der Waals surface area (Å²) in [5.74, 6) is -1.07. The Labute approximate surface area is 104 Å². The quantitative estimate of drug-likeness (QED) is 0.797. The first-order valence-electron chi connectivity index (χ1n) is 5.32. The summed E-state index contributed by atoms with van der Waals surface area (Å²) in [6.45, 7) is 3.83. The summed E-state index contributed by atoms with van der Waals surface area (Å²) < 4.78 is 18.5. The Bertz CT molecular complexity index is 395. The zero-order valence-corrected chi connectivity index (χ0v) is 10.6. The Morgan fingerprint density at radius 2 is 2.29 bits per heavy atom. The molecular formula is C12H15FO3S. The number of carboxylic acid groups (broad SMARTS) is 1. The second-order valence-electron chi connectivity index (χ2n) is 3.58. The van der Waals surface area contributed by atoms with Crippen LogP contribution < -0.4 is 4.74 Å². The monoisotopic (exact) mass is 258 g/mol. The van der Waals surface area contributed by atoms with E-state index >= 15 is 0 Å². The summed E-state index contributed by atoms with van der Waals surface area (Å²) in [6, 6.07) is 4.66. The van der Waals surface area contributed by atoms with Gasteiger partial charge in [0.1, 0.15) is 0 Å². The van der Waals surface area contributed by atoms with Crippen LogP contribution in [0.2, 0.25) is 0 Å². The molecule has 0 aliphatic heterocycles. The normalized spacial score (nSPS) is 12.2. The fourth-order valence-corrected chi connectivity index (χ4v) is 2.07.